The number of hydrogen-bond acceptors (Lipinski definition) is 5. The number of amides is 3. The summed E-state index contributed by atoms with van der Waals surface area (Å²) in [7, 11) is 3.13. The van der Waals surface area contributed by atoms with Gasteiger partial charge in [-0.25, -0.2) is 4.79 Å². The number of rotatable bonds is 6. The zero-order valence-corrected chi connectivity index (χ0v) is 15.3. The fourth-order valence-corrected chi connectivity index (χ4v) is 2.57. The Kier molecular flexibility index (Phi) is 6.57. The van der Waals surface area contributed by atoms with Crippen LogP contribution in [0.3, 0.4) is 0 Å². The Bertz CT molecular complexity index is 735. The fourth-order valence-electron chi connectivity index (χ4n) is 2.35. The predicted octanol–water partition coefficient (Wildman–Crippen LogP) is 0.828. The Labute approximate surface area is 156 Å². The molecule has 1 heterocycles. The number of hydrogen-bond donors (Lipinski definition) is 1. The van der Waals surface area contributed by atoms with Gasteiger partial charge in [-0.1, -0.05) is 11.6 Å². The molecule has 0 radical (unpaired) electrons. The fraction of sp³-hybridized carbons (Fsp3) is 0.412. The molecule has 1 N–H and O–H groups in total. The second-order valence-corrected chi connectivity index (χ2v) is 6.36. The molecule has 0 atom stereocenters. The maximum atomic E-state index is 12.1. The SMILES string of the molecule is CN(C)C(=O)CNC(=O)COC(=O)c1ccc(Cl)c(N2CCCC2=O)c1. The van der Waals surface area contributed by atoms with Crippen LogP contribution in [0.5, 0.6) is 0 Å². The molecule has 0 spiro atoms. The molecule has 1 aliphatic heterocycles. The van der Waals surface area contributed by atoms with E-state index in [9.17, 15) is 19.2 Å². The summed E-state index contributed by atoms with van der Waals surface area (Å²) in [5.41, 5.74) is 0.630. The average molecular weight is 382 g/mol. The highest BCUT2D eigenvalue weighted by molar-refractivity contribution is 6.34. The summed E-state index contributed by atoms with van der Waals surface area (Å²) in [6.45, 7) is -0.148. The van der Waals surface area contributed by atoms with Crippen molar-refractivity contribution in [2.75, 3.05) is 38.7 Å². The quantitative estimate of drug-likeness (QED) is 0.736. The minimum absolute atomic E-state index is 0.0534. The van der Waals surface area contributed by atoms with E-state index in [0.29, 0.717) is 23.7 Å². The van der Waals surface area contributed by atoms with Gasteiger partial charge in [-0.3, -0.25) is 14.4 Å². The Balaban J connectivity index is 1.94. The van der Waals surface area contributed by atoms with Crippen LogP contribution in [0, 0.1) is 0 Å². The van der Waals surface area contributed by atoms with Gasteiger partial charge in [0.15, 0.2) is 6.61 Å². The lowest BCUT2D eigenvalue weighted by Gasteiger charge is -2.18. The van der Waals surface area contributed by atoms with E-state index in [1.54, 1.807) is 14.1 Å². The first-order valence-electron chi connectivity index (χ1n) is 8.03. The molecule has 0 bridgehead atoms. The molecule has 1 fully saturated rings. The molecule has 26 heavy (non-hydrogen) atoms. The molecule has 1 aromatic rings. The molecule has 3 amide bonds. The minimum Gasteiger partial charge on any atom is -0.452 e. The number of ether oxygens (including phenoxy) is 1. The number of benzene rings is 1. The van der Waals surface area contributed by atoms with E-state index >= 15 is 0 Å². The third-order valence-corrected chi connectivity index (χ3v) is 4.14. The van der Waals surface area contributed by atoms with E-state index in [4.69, 9.17) is 16.3 Å². The smallest absolute Gasteiger partial charge is 0.338 e. The molecular weight excluding hydrogens is 362 g/mol. The molecule has 1 saturated heterocycles. The first-order chi connectivity index (χ1) is 12.3. The Morgan fingerprint density at radius 2 is 2.04 bits per heavy atom. The largest absolute Gasteiger partial charge is 0.452 e. The highest BCUT2D eigenvalue weighted by atomic mass is 35.5. The van der Waals surface area contributed by atoms with Crippen LogP contribution in [0.15, 0.2) is 18.2 Å². The molecule has 1 aliphatic rings. The van der Waals surface area contributed by atoms with Crippen LogP contribution in [-0.4, -0.2) is 62.4 Å². The number of likely N-dealkylation sites (N-methyl/N-ethyl adjacent to an activating group) is 1. The van der Waals surface area contributed by atoms with Gasteiger partial charge in [0.1, 0.15) is 0 Å². The molecule has 0 unspecified atom stereocenters. The van der Waals surface area contributed by atoms with Gasteiger partial charge < -0.3 is 19.9 Å². The number of esters is 1. The molecule has 1 aromatic carbocycles. The van der Waals surface area contributed by atoms with Crippen LogP contribution in [0.2, 0.25) is 5.02 Å². The Hall–Kier alpha value is -2.61. The van der Waals surface area contributed by atoms with E-state index in [2.05, 4.69) is 5.32 Å². The second kappa shape index (κ2) is 8.66. The number of nitrogens with zero attached hydrogens (tertiary/aromatic N) is 2. The number of carbonyl (C=O) groups excluding carboxylic acids is 4. The van der Waals surface area contributed by atoms with Crippen molar-refractivity contribution in [3.05, 3.63) is 28.8 Å². The van der Waals surface area contributed by atoms with Crippen LogP contribution in [-0.2, 0) is 19.1 Å². The van der Waals surface area contributed by atoms with Crippen molar-refractivity contribution in [2.24, 2.45) is 0 Å². The summed E-state index contributed by atoms with van der Waals surface area (Å²) >= 11 is 6.12. The maximum Gasteiger partial charge on any atom is 0.338 e. The lowest BCUT2D eigenvalue weighted by Crippen LogP contribution is -2.38. The van der Waals surface area contributed by atoms with E-state index in [1.807, 2.05) is 0 Å². The van der Waals surface area contributed by atoms with Gasteiger partial charge in [0.25, 0.3) is 5.91 Å². The van der Waals surface area contributed by atoms with Crippen LogP contribution >= 0.6 is 11.6 Å². The van der Waals surface area contributed by atoms with Crippen LogP contribution in [0.25, 0.3) is 0 Å². The van der Waals surface area contributed by atoms with Gasteiger partial charge in [0, 0.05) is 27.1 Å². The highest BCUT2D eigenvalue weighted by Crippen LogP contribution is 2.30. The molecule has 140 valence electrons. The van der Waals surface area contributed by atoms with Gasteiger partial charge in [-0.2, -0.15) is 0 Å². The molecule has 0 saturated carbocycles. The Morgan fingerprint density at radius 1 is 1.31 bits per heavy atom. The standard InChI is InChI=1S/C17H20ClN3O5/c1-20(2)16(24)9-19-14(22)10-26-17(25)11-5-6-12(18)13(8-11)21-7-3-4-15(21)23/h5-6,8H,3-4,7,9-10H2,1-2H3,(H,19,22). The van der Waals surface area contributed by atoms with E-state index < -0.39 is 18.5 Å². The second-order valence-electron chi connectivity index (χ2n) is 5.96. The summed E-state index contributed by atoms with van der Waals surface area (Å²) in [4.78, 5) is 49.9. The summed E-state index contributed by atoms with van der Waals surface area (Å²) < 4.78 is 4.94. The third-order valence-electron chi connectivity index (χ3n) is 3.82. The van der Waals surface area contributed by atoms with Gasteiger partial charge in [0.05, 0.1) is 22.8 Å². The third kappa shape index (κ3) is 4.95. The number of halogens is 1. The van der Waals surface area contributed by atoms with Crippen molar-refractivity contribution in [3.63, 3.8) is 0 Å². The van der Waals surface area contributed by atoms with Crippen molar-refractivity contribution in [2.45, 2.75) is 12.8 Å². The zero-order valence-electron chi connectivity index (χ0n) is 14.6. The van der Waals surface area contributed by atoms with Gasteiger partial charge >= 0.3 is 5.97 Å². The minimum atomic E-state index is -0.719. The summed E-state index contributed by atoms with van der Waals surface area (Å²) in [5, 5.41) is 2.72. The van der Waals surface area contributed by atoms with Crippen molar-refractivity contribution in [1.29, 1.82) is 0 Å². The summed E-state index contributed by atoms with van der Waals surface area (Å²) in [6, 6.07) is 4.44. The van der Waals surface area contributed by atoms with Crippen molar-refractivity contribution >= 4 is 41.0 Å². The van der Waals surface area contributed by atoms with Crippen LogP contribution in [0.1, 0.15) is 23.2 Å². The van der Waals surface area contributed by atoms with E-state index in [0.717, 1.165) is 6.42 Å². The molecular formula is C17H20ClN3O5. The molecule has 0 aromatic heterocycles. The van der Waals surface area contributed by atoms with Crippen molar-refractivity contribution in [1.82, 2.24) is 10.2 Å². The predicted molar refractivity (Wildman–Crippen MR) is 95.0 cm³/mol. The van der Waals surface area contributed by atoms with Crippen LogP contribution in [0.4, 0.5) is 5.69 Å². The molecule has 0 aliphatic carbocycles. The van der Waals surface area contributed by atoms with Crippen LogP contribution < -0.4 is 10.2 Å². The zero-order chi connectivity index (χ0) is 19.3. The lowest BCUT2D eigenvalue weighted by atomic mass is 10.2. The average Bonchev–Trinajstić information content (AvgIpc) is 3.03. The summed E-state index contributed by atoms with van der Waals surface area (Å²) in [6.07, 6.45) is 1.17. The van der Waals surface area contributed by atoms with E-state index in [1.165, 1.54) is 28.0 Å². The maximum absolute atomic E-state index is 12.1. The normalized spacial score (nSPS) is 13.5. The molecule has 8 nitrogen and oxygen atoms in total. The van der Waals surface area contributed by atoms with E-state index in [-0.39, 0.29) is 23.9 Å². The van der Waals surface area contributed by atoms with Crippen molar-refractivity contribution in [3.8, 4) is 0 Å². The highest BCUT2D eigenvalue weighted by Gasteiger charge is 2.24. The number of nitrogens with one attached hydrogen (secondary N) is 1. The first kappa shape index (κ1) is 19.7. The lowest BCUT2D eigenvalue weighted by molar-refractivity contribution is -0.131. The van der Waals surface area contributed by atoms with Gasteiger partial charge in [-0.05, 0) is 24.6 Å². The molecule has 2 rings (SSSR count). The monoisotopic (exact) mass is 381 g/mol. The summed E-state index contributed by atoms with van der Waals surface area (Å²) in [5.74, 6) is -1.63. The van der Waals surface area contributed by atoms with Gasteiger partial charge in [0.2, 0.25) is 11.8 Å². The number of carbonyl (C=O) groups is 4. The molecule has 9 heteroatoms. The Morgan fingerprint density at radius 3 is 2.65 bits per heavy atom. The van der Waals surface area contributed by atoms with Gasteiger partial charge in [-0.15, -0.1) is 0 Å². The van der Waals surface area contributed by atoms with Crippen molar-refractivity contribution < 1.29 is 23.9 Å². The topological polar surface area (TPSA) is 96.0 Å². The number of anilines is 1. The first-order valence-corrected chi connectivity index (χ1v) is 8.41.